The van der Waals surface area contributed by atoms with Gasteiger partial charge in [0.15, 0.2) is 6.61 Å². The van der Waals surface area contributed by atoms with Crippen molar-refractivity contribution >= 4 is 29.6 Å². The predicted octanol–water partition coefficient (Wildman–Crippen LogP) is 2.82. The maximum atomic E-state index is 12.1. The first-order valence-corrected chi connectivity index (χ1v) is 10.7. The average molecular weight is 459 g/mol. The summed E-state index contributed by atoms with van der Waals surface area (Å²) in [4.78, 5) is 35.9. The summed E-state index contributed by atoms with van der Waals surface area (Å²) < 4.78 is 5.54. The van der Waals surface area contributed by atoms with Crippen LogP contribution in [0, 0.1) is 6.92 Å². The van der Waals surface area contributed by atoms with Crippen molar-refractivity contribution in [2.45, 2.75) is 13.3 Å². The Morgan fingerprint density at radius 1 is 0.912 bits per heavy atom. The first-order valence-electron chi connectivity index (χ1n) is 10.7. The zero-order valence-electron chi connectivity index (χ0n) is 18.8. The summed E-state index contributed by atoms with van der Waals surface area (Å²) in [6, 6.07) is 24.0. The number of rotatable bonds is 9. The molecule has 0 bridgehead atoms. The number of carbonyl (C=O) groups is 3. The molecule has 0 fully saturated rings. The van der Waals surface area contributed by atoms with E-state index in [9.17, 15) is 14.4 Å². The molecule has 0 aromatic heterocycles. The zero-order chi connectivity index (χ0) is 24.2. The number of hydrogen-bond acceptors (Lipinski definition) is 5. The van der Waals surface area contributed by atoms with Gasteiger partial charge in [-0.15, -0.1) is 0 Å². The maximum absolute atomic E-state index is 12.1. The third-order valence-electron chi connectivity index (χ3n) is 4.78. The van der Waals surface area contributed by atoms with Gasteiger partial charge in [0, 0.05) is 12.2 Å². The normalized spacial score (nSPS) is 10.5. The summed E-state index contributed by atoms with van der Waals surface area (Å²) in [6.45, 7) is 2.10. The molecule has 3 amide bonds. The fraction of sp³-hybridized carbons (Fsp3) is 0.154. The highest BCUT2D eigenvalue weighted by molar-refractivity contribution is 6.35. The molecule has 3 rings (SSSR count). The van der Waals surface area contributed by atoms with Crippen LogP contribution in [0.2, 0.25) is 0 Å². The monoisotopic (exact) mass is 458 g/mol. The van der Waals surface area contributed by atoms with Crippen LogP contribution >= 0.6 is 0 Å². The highest BCUT2D eigenvalue weighted by Crippen LogP contribution is 2.14. The Morgan fingerprint density at radius 3 is 2.47 bits per heavy atom. The number of benzene rings is 3. The van der Waals surface area contributed by atoms with Crippen LogP contribution in [-0.2, 0) is 20.8 Å². The van der Waals surface area contributed by atoms with Gasteiger partial charge in [0.05, 0.1) is 6.21 Å². The number of hydrogen-bond donors (Lipinski definition) is 3. The van der Waals surface area contributed by atoms with Crippen LogP contribution in [0.3, 0.4) is 0 Å². The largest absolute Gasteiger partial charge is 0.484 e. The SMILES string of the molecule is Cc1ccccc1NC(=O)COc1cccc(/C=N\NC(=O)C(=O)NCCc2ccccc2)c1. The predicted molar refractivity (Wildman–Crippen MR) is 131 cm³/mol. The molecular formula is C26H26N4O4. The minimum Gasteiger partial charge on any atom is -0.484 e. The molecule has 34 heavy (non-hydrogen) atoms. The van der Waals surface area contributed by atoms with Crippen molar-refractivity contribution in [2.24, 2.45) is 5.10 Å². The summed E-state index contributed by atoms with van der Waals surface area (Å²) in [5, 5.41) is 9.17. The van der Waals surface area contributed by atoms with E-state index in [1.165, 1.54) is 6.21 Å². The number of anilines is 1. The average Bonchev–Trinajstić information content (AvgIpc) is 2.85. The molecule has 0 saturated heterocycles. The van der Waals surface area contributed by atoms with Crippen LogP contribution in [0.4, 0.5) is 5.69 Å². The van der Waals surface area contributed by atoms with Crippen molar-refractivity contribution < 1.29 is 19.1 Å². The summed E-state index contributed by atoms with van der Waals surface area (Å²) >= 11 is 0. The Hall–Kier alpha value is -4.46. The summed E-state index contributed by atoms with van der Waals surface area (Å²) in [7, 11) is 0. The van der Waals surface area contributed by atoms with Crippen molar-refractivity contribution in [1.29, 1.82) is 0 Å². The van der Waals surface area contributed by atoms with Gasteiger partial charge < -0.3 is 15.4 Å². The van der Waals surface area contributed by atoms with Gasteiger partial charge in [-0.2, -0.15) is 5.10 Å². The van der Waals surface area contributed by atoms with Crippen molar-refractivity contribution in [3.8, 4) is 5.75 Å². The van der Waals surface area contributed by atoms with Gasteiger partial charge >= 0.3 is 11.8 Å². The lowest BCUT2D eigenvalue weighted by Gasteiger charge is -2.09. The summed E-state index contributed by atoms with van der Waals surface area (Å²) in [5.74, 6) is -1.43. The number of carbonyl (C=O) groups excluding carboxylic acids is 3. The lowest BCUT2D eigenvalue weighted by molar-refractivity contribution is -0.139. The molecular weight excluding hydrogens is 432 g/mol. The van der Waals surface area contributed by atoms with Gasteiger partial charge in [-0.25, -0.2) is 5.43 Å². The van der Waals surface area contributed by atoms with Crippen LogP contribution in [0.5, 0.6) is 5.75 Å². The molecule has 0 radical (unpaired) electrons. The van der Waals surface area contributed by atoms with E-state index in [1.54, 1.807) is 24.3 Å². The summed E-state index contributed by atoms with van der Waals surface area (Å²) in [6.07, 6.45) is 2.01. The van der Waals surface area contributed by atoms with Crippen LogP contribution in [0.15, 0.2) is 84.0 Å². The molecule has 8 nitrogen and oxygen atoms in total. The smallest absolute Gasteiger partial charge is 0.329 e. The number of ether oxygens (including phenoxy) is 1. The van der Waals surface area contributed by atoms with Gasteiger partial charge in [0.25, 0.3) is 5.91 Å². The van der Waals surface area contributed by atoms with Crippen molar-refractivity contribution in [3.05, 3.63) is 95.6 Å². The fourth-order valence-corrected chi connectivity index (χ4v) is 2.99. The molecule has 0 atom stereocenters. The number of para-hydroxylation sites is 1. The molecule has 0 heterocycles. The first-order chi connectivity index (χ1) is 16.5. The molecule has 3 N–H and O–H groups in total. The summed E-state index contributed by atoms with van der Waals surface area (Å²) in [5.41, 5.74) is 5.58. The van der Waals surface area contributed by atoms with E-state index in [1.807, 2.05) is 61.5 Å². The third kappa shape index (κ3) is 7.90. The fourth-order valence-electron chi connectivity index (χ4n) is 2.99. The number of aryl methyl sites for hydroxylation is 1. The van der Waals surface area contributed by atoms with E-state index in [-0.39, 0.29) is 12.5 Å². The lowest BCUT2D eigenvalue weighted by Crippen LogP contribution is -2.38. The van der Waals surface area contributed by atoms with Crippen molar-refractivity contribution in [2.75, 3.05) is 18.5 Å². The van der Waals surface area contributed by atoms with Crippen LogP contribution in [-0.4, -0.2) is 37.1 Å². The molecule has 3 aromatic carbocycles. The van der Waals surface area contributed by atoms with E-state index < -0.39 is 11.8 Å². The number of amides is 3. The van der Waals surface area contributed by atoms with Crippen LogP contribution < -0.4 is 20.8 Å². The van der Waals surface area contributed by atoms with E-state index in [2.05, 4.69) is 21.2 Å². The van der Waals surface area contributed by atoms with Gasteiger partial charge in [-0.1, -0.05) is 60.7 Å². The molecule has 8 heteroatoms. The Kier molecular flexibility index (Phi) is 8.92. The highest BCUT2D eigenvalue weighted by atomic mass is 16.5. The number of nitrogens with one attached hydrogen (secondary N) is 3. The minimum absolute atomic E-state index is 0.158. The first kappa shape index (κ1) is 24.2. The molecule has 0 aliphatic carbocycles. The van der Waals surface area contributed by atoms with Gasteiger partial charge in [0.2, 0.25) is 0 Å². The van der Waals surface area contributed by atoms with Crippen molar-refractivity contribution in [1.82, 2.24) is 10.7 Å². The topological polar surface area (TPSA) is 109 Å². The van der Waals surface area contributed by atoms with E-state index >= 15 is 0 Å². The van der Waals surface area contributed by atoms with Crippen LogP contribution in [0.25, 0.3) is 0 Å². The number of hydrazone groups is 1. The quantitative estimate of drug-likeness (QED) is 0.260. The Bertz CT molecular complexity index is 1160. The minimum atomic E-state index is -0.857. The molecule has 0 saturated carbocycles. The second-order valence-electron chi connectivity index (χ2n) is 7.41. The Balaban J connectivity index is 1.41. The standard InChI is InChI=1S/C26H26N4O4/c1-19-8-5-6-13-23(19)29-24(31)18-34-22-12-7-11-21(16-22)17-28-30-26(33)25(32)27-15-14-20-9-3-2-4-10-20/h2-13,16-17H,14-15,18H2,1H3,(H,27,32)(H,29,31)(H,30,33)/b28-17-. The van der Waals surface area contributed by atoms with Gasteiger partial charge in [0.1, 0.15) is 5.75 Å². The Labute approximate surface area is 198 Å². The van der Waals surface area contributed by atoms with E-state index in [0.29, 0.717) is 24.3 Å². The van der Waals surface area contributed by atoms with Crippen LogP contribution in [0.1, 0.15) is 16.7 Å². The number of nitrogens with zero attached hydrogens (tertiary/aromatic N) is 1. The molecule has 0 unspecified atom stereocenters. The van der Waals surface area contributed by atoms with E-state index in [0.717, 1.165) is 16.8 Å². The maximum Gasteiger partial charge on any atom is 0.329 e. The molecule has 3 aromatic rings. The van der Waals surface area contributed by atoms with Crippen molar-refractivity contribution in [3.63, 3.8) is 0 Å². The third-order valence-corrected chi connectivity index (χ3v) is 4.78. The molecule has 0 aliphatic heterocycles. The second kappa shape index (κ2) is 12.5. The van der Waals surface area contributed by atoms with Gasteiger partial charge in [-0.05, 0) is 48.2 Å². The van der Waals surface area contributed by atoms with Gasteiger partial charge in [-0.3, -0.25) is 14.4 Å². The zero-order valence-corrected chi connectivity index (χ0v) is 18.8. The van der Waals surface area contributed by atoms with E-state index in [4.69, 9.17) is 4.74 Å². The molecule has 0 spiro atoms. The second-order valence-corrected chi connectivity index (χ2v) is 7.41. The molecule has 0 aliphatic rings. The highest BCUT2D eigenvalue weighted by Gasteiger charge is 2.11. The molecule has 174 valence electrons. The lowest BCUT2D eigenvalue weighted by atomic mass is 10.1. The Morgan fingerprint density at radius 2 is 1.68 bits per heavy atom.